The van der Waals surface area contributed by atoms with Crippen LogP contribution in [0.3, 0.4) is 0 Å². The number of rotatable bonds is 3. The minimum absolute atomic E-state index is 0.0918. The molecule has 0 radical (unpaired) electrons. The Labute approximate surface area is 92.2 Å². The van der Waals surface area contributed by atoms with E-state index in [1.165, 1.54) is 0 Å². The Kier molecular flexibility index (Phi) is 3.73. The summed E-state index contributed by atoms with van der Waals surface area (Å²) in [6.07, 6.45) is 0. The first kappa shape index (κ1) is 12.0. The van der Waals surface area contributed by atoms with Crippen molar-refractivity contribution in [3.8, 4) is 5.75 Å². The fourth-order valence-corrected chi connectivity index (χ4v) is 1.43. The molecule has 0 fully saturated rings. The molecule has 0 atom stereocenters. The van der Waals surface area contributed by atoms with Crippen molar-refractivity contribution in [1.82, 2.24) is 0 Å². The second-order valence-corrected chi connectivity index (χ2v) is 3.56. The van der Waals surface area contributed by atoms with Crippen LogP contribution in [0.4, 0.5) is 13.2 Å². The Morgan fingerprint density at radius 2 is 2.07 bits per heavy atom. The van der Waals surface area contributed by atoms with Gasteiger partial charge in [0.2, 0.25) is 0 Å². The highest BCUT2D eigenvalue weighted by Gasteiger charge is 2.15. The Bertz CT molecular complexity index is 393. The van der Waals surface area contributed by atoms with E-state index in [2.05, 4.69) is 20.7 Å². The minimum atomic E-state index is -3.01. The number of ketones is 1. The first-order valence-corrected chi connectivity index (χ1v) is 4.66. The normalized spacial score (nSPS) is 10.5. The van der Waals surface area contributed by atoms with Crippen LogP contribution in [0.15, 0.2) is 16.6 Å². The quantitative estimate of drug-likeness (QED) is 0.795. The highest BCUT2D eigenvalue weighted by atomic mass is 79.9. The van der Waals surface area contributed by atoms with Gasteiger partial charge >= 0.3 is 6.61 Å². The Morgan fingerprint density at radius 1 is 1.47 bits per heavy atom. The first-order valence-electron chi connectivity index (χ1n) is 3.86. The van der Waals surface area contributed by atoms with E-state index in [0.717, 1.165) is 19.1 Å². The molecule has 0 unspecified atom stereocenters. The number of halogens is 4. The standard InChI is InChI=1S/C9H6BrF3O2/c1-4(14)6-2-5(15-9(12)13)3-7(10)8(6)11/h2-3,9H,1H3. The maximum Gasteiger partial charge on any atom is 0.387 e. The van der Waals surface area contributed by atoms with Crippen molar-refractivity contribution in [2.24, 2.45) is 0 Å². The van der Waals surface area contributed by atoms with Gasteiger partial charge in [0.15, 0.2) is 5.78 Å². The second kappa shape index (κ2) is 4.65. The van der Waals surface area contributed by atoms with Crippen molar-refractivity contribution in [3.05, 3.63) is 28.0 Å². The summed E-state index contributed by atoms with van der Waals surface area (Å²) in [7, 11) is 0. The number of hydrogen-bond donors (Lipinski definition) is 0. The smallest absolute Gasteiger partial charge is 0.387 e. The maximum absolute atomic E-state index is 13.3. The van der Waals surface area contributed by atoms with E-state index in [9.17, 15) is 18.0 Å². The topological polar surface area (TPSA) is 26.3 Å². The molecule has 2 nitrogen and oxygen atoms in total. The van der Waals surface area contributed by atoms with Crippen LogP contribution in [-0.2, 0) is 0 Å². The molecule has 0 N–H and O–H groups in total. The largest absolute Gasteiger partial charge is 0.435 e. The number of Topliss-reactive ketones (excluding diaryl/α,β-unsaturated/α-hetero) is 1. The van der Waals surface area contributed by atoms with Crippen LogP contribution in [0.5, 0.6) is 5.75 Å². The van der Waals surface area contributed by atoms with Gasteiger partial charge in [0.05, 0.1) is 10.0 Å². The molecule has 15 heavy (non-hydrogen) atoms. The monoisotopic (exact) mass is 282 g/mol. The number of ether oxygens (including phenoxy) is 1. The molecule has 0 amide bonds. The Hall–Kier alpha value is -1.04. The zero-order chi connectivity index (χ0) is 11.6. The van der Waals surface area contributed by atoms with Crippen molar-refractivity contribution in [1.29, 1.82) is 0 Å². The van der Waals surface area contributed by atoms with Crippen molar-refractivity contribution in [3.63, 3.8) is 0 Å². The fourth-order valence-electron chi connectivity index (χ4n) is 0.991. The lowest BCUT2D eigenvalue weighted by molar-refractivity contribution is -0.0499. The van der Waals surface area contributed by atoms with Gasteiger partial charge in [-0.05, 0) is 35.0 Å². The van der Waals surface area contributed by atoms with Gasteiger partial charge < -0.3 is 4.74 Å². The third-order valence-electron chi connectivity index (χ3n) is 1.61. The molecule has 1 rings (SSSR count). The SMILES string of the molecule is CC(=O)c1cc(OC(F)F)cc(Br)c1F. The van der Waals surface area contributed by atoms with E-state index in [1.54, 1.807) is 0 Å². The number of alkyl halides is 2. The van der Waals surface area contributed by atoms with Crippen LogP contribution in [-0.4, -0.2) is 12.4 Å². The van der Waals surface area contributed by atoms with Gasteiger partial charge in [-0.3, -0.25) is 4.79 Å². The lowest BCUT2D eigenvalue weighted by atomic mass is 10.1. The summed E-state index contributed by atoms with van der Waals surface area (Å²) in [6.45, 7) is -1.88. The van der Waals surface area contributed by atoms with Crippen LogP contribution >= 0.6 is 15.9 Å². The maximum atomic E-state index is 13.3. The fraction of sp³-hybridized carbons (Fsp3) is 0.222. The van der Waals surface area contributed by atoms with Crippen molar-refractivity contribution in [2.75, 3.05) is 0 Å². The lowest BCUT2D eigenvalue weighted by Gasteiger charge is -2.07. The van der Waals surface area contributed by atoms with E-state index >= 15 is 0 Å². The number of carbonyl (C=O) groups is 1. The van der Waals surface area contributed by atoms with E-state index in [1.807, 2.05) is 0 Å². The summed E-state index contributed by atoms with van der Waals surface area (Å²) in [5.74, 6) is -1.61. The zero-order valence-electron chi connectivity index (χ0n) is 7.56. The van der Waals surface area contributed by atoms with E-state index < -0.39 is 18.2 Å². The molecule has 0 saturated carbocycles. The Morgan fingerprint density at radius 3 is 2.53 bits per heavy atom. The van der Waals surface area contributed by atoms with Gasteiger partial charge in [0.1, 0.15) is 11.6 Å². The first-order chi connectivity index (χ1) is 6.91. The van der Waals surface area contributed by atoms with Crippen molar-refractivity contribution in [2.45, 2.75) is 13.5 Å². The summed E-state index contributed by atoms with van der Waals surface area (Å²) in [5, 5.41) is 0. The molecular formula is C9H6BrF3O2. The molecule has 0 aliphatic heterocycles. The van der Waals surface area contributed by atoms with Crippen LogP contribution < -0.4 is 4.74 Å². The van der Waals surface area contributed by atoms with Crippen LogP contribution in [0.2, 0.25) is 0 Å². The number of carbonyl (C=O) groups excluding carboxylic acids is 1. The third-order valence-corrected chi connectivity index (χ3v) is 2.18. The predicted molar refractivity (Wildman–Crippen MR) is 50.7 cm³/mol. The number of benzene rings is 1. The molecule has 1 aromatic rings. The van der Waals surface area contributed by atoms with E-state index in [0.29, 0.717) is 0 Å². The minimum Gasteiger partial charge on any atom is -0.435 e. The third kappa shape index (κ3) is 2.95. The summed E-state index contributed by atoms with van der Waals surface area (Å²) >= 11 is 2.80. The summed E-state index contributed by atoms with van der Waals surface area (Å²) in [6, 6.07) is 1.97. The molecule has 0 aliphatic rings. The predicted octanol–water partition coefficient (Wildman–Crippen LogP) is 3.39. The van der Waals surface area contributed by atoms with Gasteiger partial charge in [-0.1, -0.05) is 0 Å². The van der Waals surface area contributed by atoms with E-state index in [4.69, 9.17) is 0 Å². The average Bonchev–Trinajstić information content (AvgIpc) is 2.09. The molecule has 0 bridgehead atoms. The number of hydrogen-bond acceptors (Lipinski definition) is 2. The van der Waals surface area contributed by atoms with Crippen LogP contribution in [0.25, 0.3) is 0 Å². The lowest BCUT2D eigenvalue weighted by Crippen LogP contribution is -2.05. The highest BCUT2D eigenvalue weighted by molar-refractivity contribution is 9.10. The molecule has 0 spiro atoms. The van der Waals surface area contributed by atoms with Crippen molar-refractivity contribution >= 4 is 21.7 Å². The van der Waals surface area contributed by atoms with Crippen LogP contribution in [0, 0.1) is 5.82 Å². The Balaban J connectivity index is 3.17. The summed E-state index contributed by atoms with van der Waals surface area (Å²) in [4.78, 5) is 11.0. The van der Waals surface area contributed by atoms with Gasteiger partial charge in [-0.2, -0.15) is 8.78 Å². The molecule has 82 valence electrons. The van der Waals surface area contributed by atoms with E-state index in [-0.39, 0.29) is 15.8 Å². The summed E-state index contributed by atoms with van der Waals surface area (Å²) in [5.41, 5.74) is -0.292. The molecular weight excluding hydrogens is 277 g/mol. The summed E-state index contributed by atoms with van der Waals surface area (Å²) < 4.78 is 41.0. The second-order valence-electron chi connectivity index (χ2n) is 2.70. The highest BCUT2D eigenvalue weighted by Crippen LogP contribution is 2.27. The average molecular weight is 283 g/mol. The molecule has 0 aliphatic carbocycles. The molecule has 0 heterocycles. The van der Waals surface area contributed by atoms with Crippen molar-refractivity contribution < 1.29 is 22.7 Å². The van der Waals surface area contributed by atoms with Gasteiger partial charge in [0.25, 0.3) is 0 Å². The van der Waals surface area contributed by atoms with Gasteiger partial charge in [0, 0.05) is 0 Å². The van der Waals surface area contributed by atoms with Crippen LogP contribution in [0.1, 0.15) is 17.3 Å². The molecule has 0 saturated heterocycles. The molecule has 1 aromatic carbocycles. The zero-order valence-corrected chi connectivity index (χ0v) is 9.15. The molecule has 0 aromatic heterocycles. The molecule has 6 heteroatoms. The van der Waals surface area contributed by atoms with Gasteiger partial charge in [-0.15, -0.1) is 0 Å². The van der Waals surface area contributed by atoms with Gasteiger partial charge in [-0.25, -0.2) is 4.39 Å².